The molecule has 1 amide bonds. The van der Waals surface area contributed by atoms with Gasteiger partial charge in [0, 0.05) is 23.4 Å². The molecule has 124 valence electrons. The second kappa shape index (κ2) is 7.37. The van der Waals surface area contributed by atoms with Crippen molar-refractivity contribution >= 4 is 11.6 Å². The molecule has 0 spiro atoms. The third-order valence-corrected chi connectivity index (χ3v) is 3.52. The van der Waals surface area contributed by atoms with Crippen LogP contribution in [0.2, 0.25) is 0 Å². The number of aryl methyl sites for hydroxylation is 1. The number of nitrogens with zero attached hydrogens (tertiary/aromatic N) is 2. The van der Waals surface area contributed by atoms with E-state index in [1.165, 1.54) is 0 Å². The smallest absolute Gasteiger partial charge is 0.300 e. The van der Waals surface area contributed by atoms with Gasteiger partial charge < -0.3 is 14.6 Å². The second-order valence-corrected chi connectivity index (χ2v) is 5.38. The van der Waals surface area contributed by atoms with Crippen LogP contribution >= 0.6 is 0 Å². The molecule has 0 saturated carbocycles. The first-order valence-corrected chi connectivity index (χ1v) is 7.73. The Hall–Kier alpha value is -3.52. The molecule has 25 heavy (non-hydrogen) atoms. The Morgan fingerprint density at radius 2 is 2.00 bits per heavy atom. The van der Waals surface area contributed by atoms with Gasteiger partial charge in [0.05, 0.1) is 24.8 Å². The summed E-state index contributed by atoms with van der Waals surface area (Å²) in [5.74, 6) is 5.74. The summed E-state index contributed by atoms with van der Waals surface area (Å²) in [5, 5.41) is 2.78. The predicted molar refractivity (Wildman–Crippen MR) is 96.8 cm³/mol. The number of rotatable bonds is 3. The molecular formula is C20H17N3O2. The molecule has 1 heterocycles. The first kappa shape index (κ1) is 16.3. The number of nitrogens with one attached hydrogen (secondary N) is 1. The first-order valence-electron chi connectivity index (χ1n) is 7.73. The lowest BCUT2D eigenvalue weighted by Crippen LogP contribution is -2.09. The highest BCUT2D eigenvalue weighted by atomic mass is 16.5. The largest absolute Gasteiger partial charge is 0.495 e. The SMILES string of the molecule is COc1ccc(NC(=O)C#Cc2ccccc2)cc1-n1cnc(C)c1. The molecule has 0 aliphatic carbocycles. The Morgan fingerprint density at radius 3 is 2.68 bits per heavy atom. The molecule has 2 aromatic carbocycles. The van der Waals surface area contributed by atoms with Crippen molar-refractivity contribution in [3.8, 4) is 23.3 Å². The van der Waals surface area contributed by atoms with E-state index < -0.39 is 0 Å². The minimum absolute atomic E-state index is 0.373. The van der Waals surface area contributed by atoms with Gasteiger partial charge in [0.1, 0.15) is 5.75 Å². The van der Waals surface area contributed by atoms with Gasteiger partial charge in [0.2, 0.25) is 0 Å². The van der Waals surface area contributed by atoms with Gasteiger partial charge in [-0.1, -0.05) is 24.1 Å². The molecular weight excluding hydrogens is 314 g/mol. The van der Waals surface area contributed by atoms with Gasteiger partial charge in [0.15, 0.2) is 0 Å². The lowest BCUT2D eigenvalue weighted by molar-refractivity contribution is -0.111. The molecule has 0 unspecified atom stereocenters. The van der Waals surface area contributed by atoms with Gasteiger partial charge in [-0.05, 0) is 37.3 Å². The topological polar surface area (TPSA) is 56.1 Å². The highest BCUT2D eigenvalue weighted by Crippen LogP contribution is 2.26. The van der Waals surface area contributed by atoms with Crippen LogP contribution in [-0.4, -0.2) is 22.6 Å². The molecule has 0 radical (unpaired) electrons. The Morgan fingerprint density at radius 1 is 1.20 bits per heavy atom. The van der Waals surface area contributed by atoms with Crippen molar-refractivity contribution in [2.75, 3.05) is 12.4 Å². The number of carbonyl (C=O) groups is 1. The van der Waals surface area contributed by atoms with E-state index in [9.17, 15) is 4.79 Å². The van der Waals surface area contributed by atoms with Crippen LogP contribution in [0, 0.1) is 18.8 Å². The minimum Gasteiger partial charge on any atom is -0.495 e. The Balaban J connectivity index is 1.81. The lowest BCUT2D eigenvalue weighted by Gasteiger charge is -2.11. The van der Waals surface area contributed by atoms with Gasteiger partial charge in [-0.2, -0.15) is 0 Å². The van der Waals surface area contributed by atoms with Crippen molar-refractivity contribution in [2.24, 2.45) is 0 Å². The average Bonchev–Trinajstić information content (AvgIpc) is 3.07. The molecule has 3 rings (SSSR count). The number of amides is 1. The maximum absolute atomic E-state index is 12.1. The standard InChI is InChI=1S/C20H17N3O2/c1-15-13-23(14-21-15)18-12-17(9-10-19(18)25-2)22-20(24)11-8-16-6-4-3-5-7-16/h3-7,9-10,12-14H,1-2H3,(H,22,24). The van der Waals surface area contributed by atoms with Gasteiger partial charge in [0.25, 0.3) is 0 Å². The number of aromatic nitrogens is 2. The highest BCUT2D eigenvalue weighted by Gasteiger charge is 2.08. The molecule has 1 N–H and O–H groups in total. The maximum Gasteiger partial charge on any atom is 0.300 e. The molecule has 1 aromatic heterocycles. The van der Waals surface area contributed by atoms with E-state index in [2.05, 4.69) is 22.1 Å². The molecule has 0 saturated heterocycles. The Bertz CT molecular complexity index is 950. The van der Waals surface area contributed by atoms with Gasteiger partial charge >= 0.3 is 5.91 Å². The summed E-state index contributed by atoms with van der Waals surface area (Å²) in [6.07, 6.45) is 3.59. The summed E-state index contributed by atoms with van der Waals surface area (Å²) in [6.45, 7) is 1.91. The van der Waals surface area contributed by atoms with Crippen molar-refractivity contribution in [3.63, 3.8) is 0 Å². The van der Waals surface area contributed by atoms with Crippen molar-refractivity contribution in [3.05, 3.63) is 72.3 Å². The normalized spacial score (nSPS) is 9.84. The molecule has 3 aromatic rings. The molecule has 0 fully saturated rings. The molecule has 0 atom stereocenters. The van der Waals surface area contributed by atoms with Crippen LogP contribution in [0.15, 0.2) is 61.1 Å². The van der Waals surface area contributed by atoms with Crippen molar-refractivity contribution < 1.29 is 9.53 Å². The summed E-state index contributed by atoms with van der Waals surface area (Å²) in [7, 11) is 1.60. The Kier molecular flexibility index (Phi) is 4.82. The number of imidazole rings is 1. The van der Waals surface area contributed by atoms with E-state index in [1.54, 1.807) is 25.6 Å². The van der Waals surface area contributed by atoms with E-state index in [1.807, 2.05) is 54.1 Å². The maximum atomic E-state index is 12.1. The number of benzene rings is 2. The summed E-state index contributed by atoms with van der Waals surface area (Å²) in [6, 6.07) is 14.8. The van der Waals surface area contributed by atoms with Crippen LogP contribution in [-0.2, 0) is 4.79 Å². The van der Waals surface area contributed by atoms with Crippen LogP contribution in [0.1, 0.15) is 11.3 Å². The number of hydrogen-bond donors (Lipinski definition) is 1. The van der Waals surface area contributed by atoms with Gasteiger partial charge in [-0.15, -0.1) is 0 Å². The fourth-order valence-electron chi connectivity index (χ4n) is 2.34. The van der Waals surface area contributed by atoms with Crippen LogP contribution in [0.4, 0.5) is 5.69 Å². The number of ether oxygens (including phenoxy) is 1. The molecule has 0 bridgehead atoms. The fraction of sp³-hybridized carbons (Fsp3) is 0.100. The third kappa shape index (κ3) is 4.06. The monoisotopic (exact) mass is 331 g/mol. The Labute approximate surface area is 146 Å². The third-order valence-electron chi connectivity index (χ3n) is 3.52. The van der Waals surface area contributed by atoms with Crippen molar-refractivity contribution in [1.29, 1.82) is 0 Å². The number of hydrogen-bond acceptors (Lipinski definition) is 3. The van der Waals surface area contributed by atoms with Gasteiger partial charge in [-0.25, -0.2) is 4.98 Å². The predicted octanol–water partition coefficient (Wildman–Crippen LogP) is 3.18. The zero-order valence-electron chi connectivity index (χ0n) is 14.0. The van der Waals surface area contributed by atoms with Gasteiger partial charge in [-0.3, -0.25) is 4.79 Å². The zero-order valence-corrected chi connectivity index (χ0v) is 14.0. The number of anilines is 1. The average molecular weight is 331 g/mol. The second-order valence-electron chi connectivity index (χ2n) is 5.38. The van der Waals surface area contributed by atoms with Crippen molar-refractivity contribution in [2.45, 2.75) is 6.92 Å². The summed E-state index contributed by atoms with van der Waals surface area (Å²) >= 11 is 0. The van der Waals surface area contributed by atoms with E-state index in [0.29, 0.717) is 11.4 Å². The first-order chi connectivity index (χ1) is 12.2. The summed E-state index contributed by atoms with van der Waals surface area (Å²) in [5.41, 5.74) is 3.11. The molecule has 0 aliphatic rings. The van der Waals surface area contributed by atoms with Crippen molar-refractivity contribution in [1.82, 2.24) is 9.55 Å². The van der Waals surface area contributed by atoms with Crippen LogP contribution in [0.3, 0.4) is 0 Å². The van der Waals surface area contributed by atoms with E-state index in [4.69, 9.17) is 4.74 Å². The summed E-state index contributed by atoms with van der Waals surface area (Å²) in [4.78, 5) is 16.3. The lowest BCUT2D eigenvalue weighted by atomic mass is 10.2. The fourth-order valence-corrected chi connectivity index (χ4v) is 2.34. The summed E-state index contributed by atoms with van der Waals surface area (Å²) < 4.78 is 7.23. The molecule has 5 heteroatoms. The zero-order chi connectivity index (χ0) is 17.6. The van der Waals surface area contributed by atoms with Crippen LogP contribution in [0.5, 0.6) is 5.75 Å². The quantitative estimate of drug-likeness (QED) is 0.750. The van der Waals surface area contributed by atoms with Crippen LogP contribution in [0.25, 0.3) is 5.69 Å². The van der Waals surface area contributed by atoms with E-state index in [0.717, 1.165) is 16.9 Å². The highest BCUT2D eigenvalue weighted by molar-refractivity contribution is 6.04. The minimum atomic E-state index is -0.373. The number of carbonyl (C=O) groups excluding carboxylic acids is 1. The molecule has 0 aliphatic heterocycles. The molecule has 5 nitrogen and oxygen atoms in total. The number of methoxy groups -OCH3 is 1. The van der Waals surface area contributed by atoms with E-state index >= 15 is 0 Å². The van der Waals surface area contributed by atoms with E-state index in [-0.39, 0.29) is 5.91 Å². The van der Waals surface area contributed by atoms with Crippen LogP contribution < -0.4 is 10.1 Å².